The number of rotatable bonds is 4. The summed E-state index contributed by atoms with van der Waals surface area (Å²) in [5.74, 6) is -0.375. The molecule has 0 saturated carbocycles. The van der Waals surface area contributed by atoms with Crippen molar-refractivity contribution in [2.24, 2.45) is 0 Å². The first-order valence-electron chi connectivity index (χ1n) is 5.93. The molecule has 1 aliphatic heterocycles. The minimum atomic E-state index is -0.664. The zero-order chi connectivity index (χ0) is 13.7. The van der Waals surface area contributed by atoms with E-state index in [-0.39, 0.29) is 12.5 Å². The first-order valence-corrected chi connectivity index (χ1v) is 5.93. The molecule has 0 aromatic heterocycles. The van der Waals surface area contributed by atoms with Crippen molar-refractivity contribution in [3.05, 3.63) is 48.0 Å². The fourth-order valence-electron chi connectivity index (χ4n) is 1.85. The van der Waals surface area contributed by atoms with E-state index in [9.17, 15) is 9.59 Å². The second-order valence-electron chi connectivity index (χ2n) is 4.11. The van der Waals surface area contributed by atoms with E-state index >= 15 is 0 Å². The fourth-order valence-corrected chi connectivity index (χ4v) is 1.85. The monoisotopic (exact) mass is 261 g/mol. The van der Waals surface area contributed by atoms with E-state index < -0.39 is 12.1 Å². The molecule has 1 aliphatic rings. The SMILES string of the molecule is COC(=O)N1C(=O)C=C[C@@H]1COCc1ccccc1. The maximum absolute atomic E-state index is 11.5. The largest absolute Gasteiger partial charge is 0.452 e. The van der Waals surface area contributed by atoms with Gasteiger partial charge >= 0.3 is 6.09 Å². The molecule has 0 N–H and O–H groups in total. The van der Waals surface area contributed by atoms with Gasteiger partial charge in [0.2, 0.25) is 0 Å². The second-order valence-corrected chi connectivity index (χ2v) is 4.11. The van der Waals surface area contributed by atoms with Gasteiger partial charge in [0.05, 0.1) is 26.4 Å². The van der Waals surface area contributed by atoms with Crippen LogP contribution in [0.4, 0.5) is 4.79 Å². The summed E-state index contributed by atoms with van der Waals surface area (Å²) >= 11 is 0. The van der Waals surface area contributed by atoms with Crippen LogP contribution < -0.4 is 0 Å². The molecule has 1 aromatic carbocycles. The zero-order valence-electron chi connectivity index (χ0n) is 10.6. The third-order valence-electron chi connectivity index (χ3n) is 2.80. The highest BCUT2D eigenvalue weighted by Crippen LogP contribution is 2.13. The highest BCUT2D eigenvalue weighted by Gasteiger charge is 2.32. The van der Waals surface area contributed by atoms with Crippen molar-refractivity contribution < 1.29 is 19.1 Å². The number of carbonyl (C=O) groups is 2. The smallest absolute Gasteiger partial charge is 0.417 e. The molecule has 0 saturated heterocycles. The number of benzene rings is 1. The molecule has 0 fully saturated rings. The number of hydrogen-bond donors (Lipinski definition) is 0. The number of ether oxygens (including phenoxy) is 2. The Morgan fingerprint density at radius 3 is 2.74 bits per heavy atom. The Labute approximate surface area is 111 Å². The summed E-state index contributed by atoms with van der Waals surface area (Å²) in [6.07, 6.45) is 2.33. The topological polar surface area (TPSA) is 55.8 Å². The van der Waals surface area contributed by atoms with Gasteiger partial charge in [0.15, 0.2) is 0 Å². The van der Waals surface area contributed by atoms with Crippen LogP contribution in [-0.2, 0) is 20.9 Å². The van der Waals surface area contributed by atoms with Crippen LogP contribution in [0.3, 0.4) is 0 Å². The van der Waals surface area contributed by atoms with E-state index in [1.807, 2.05) is 30.3 Å². The molecule has 2 rings (SSSR count). The number of methoxy groups -OCH3 is 1. The van der Waals surface area contributed by atoms with Gasteiger partial charge in [-0.15, -0.1) is 0 Å². The maximum Gasteiger partial charge on any atom is 0.417 e. The Bertz CT molecular complexity index is 483. The molecule has 5 heteroatoms. The standard InChI is InChI=1S/C14H15NO4/c1-18-14(17)15-12(7-8-13(15)16)10-19-9-11-5-3-2-4-6-11/h2-8,12H,9-10H2,1H3/t12-/m1/s1. The van der Waals surface area contributed by atoms with Crippen molar-refractivity contribution in [2.45, 2.75) is 12.6 Å². The second kappa shape index (κ2) is 6.15. The minimum absolute atomic E-state index is 0.256. The van der Waals surface area contributed by atoms with E-state index in [1.165, 1.54) is 13.2 Å². The van der Waals surface area contributed by atoms with Crippen molar-refractivity contribution in [1.82, 2.24) is 4.90 Å². The van der Waals surface area contributed by atoms with E-state index in [1.54, 1.807) is 6.08 Å². The average molecular weight is 261 g/mol. The molecule has 1 aromatic rings. The van der Waals surface area contributed by atoms with Crippen LogP contribution in [0.2, 0.25) is 0 Å². The number of hydrogen-bond acceptors (Lipinski definition) is 4. The summed E-state index contributed by atoms with van der Waals surface area (Å²) < 4.78 is 10.1. The van der Waals surface area contributed by atoms with Gasteiger partial charge in [-0.05, 0) is 5.56 Å². The number of imide groups is 1. The molecule has 0 unspecified atom stereocenters. The molecule has 100 valence electrons. The average Bonchev–Trinajstić information content (AvgIpc) is 2.80. The molecular formula is C14H15NO4. The third kappa shape index (κ3) is 3.20. The summed E-state index contributed by atoms with van der Waals surface area (Å²) in [6.45, 7) is 0.695. The van der Waals surface area contributed by atoms with Crippen molar-refractivity contribution in [3.8, 4) is 0 Å². The number of carbonyl (C=O) groups excluding carboxylic acids is 2. The van der Waals surface area contributed by atoms with Crippen LogP contribution >= 0.6 is 0 Å². The molecule has 19 heavy (non-hydrogen) atoms. The van der Waals surface area contributed by atoms with Crippen molar-refractivity contribution in [2.75, 3.05) is 13.7 Å². The summed E-state index contributed by atoms with van der Waals surface area (Å²) in [6, 6.07) is 9.29. The quantitative estimate of drug-likeness (QED) is 0.828. The fraction of sp³-hybridized carbons (Fsp3) is 0.286. The Hall–Kier alpha value is -2.14. The van der Waals surface area contributed by atoms with Gasteiger partial charge in [-0.2, -0.15) is 0 Å². The highest BCUT2D eigenvalue weighted by molar-refractivity contribution is 6.01. The molecule has 0 radical (unpaired) electrons. The Morgan fingerprint density at radius 1 is 1.32 bits per heavy atom. The maximum atomic E-state index is 11.5. The molecule has 1 atom stereocenters. The normalized spacial score (nSPS) is 17.8. The van der Waals surface area contributed by atoms with Crippen LogP contribution in [0, 0.1) is 0 Å². The van der Waals surface area contributed by atoms with Crippen molar-refractivity contribution in [1.29, 1.82) is 0 Å². The number of amides is 2. The Kier molecular flexibility index (Phi) is 4.30. The lowest BCUT2D eigenvalue weighted by atomic mass is 10.2. The van der Waals surface area contributed by atoms with E-state index in [0.717, 1.165) is 10.5 Å². The van der Waals surface area contributed by atoms with Crippen molar-refractivity contribution >= 4 is 12.0 Å². The highest BCUT2D eigenvalue weighted by atomic mass is 16.5. The summed E-state index contributed by atoms with van der Waals surface area (Å²) in [4.78, 5) is 24.0. The predicted octanol–water partition coefficient (Wildman–Crippen LogP) is 1.74. The molecule has 0 bridgehead atoms. The van der Waals surface area contributed by atoms with Gasteiger partial charge in [0.25, 0.3) is 5.91 Å². The van der Waals surface area contributed by atoms with Gasteiger partial charge in [-0.1, -0.05) is 36.4 Å². The van der Waals surface area contributed by atoms with Gasteiger partial charge in [0, 0.05) is 6.08 Å². The summed E-state index contributed by atoms with van der Waals surface area (Å²) in [5.41, 5.74) is 1.04. The van der Waals surface area contributed by atoms with Gasteiger partial charge < -0.3 is 9.47 Å². The summed E-state index contributed by atoms with van der Waals surface area (Å²) in [7, 11) is 1.25. The van der Waals surface area contributed by atoms with Crippen molar-refractivity contribution in [3.63, 3.8) is 0 Å². The molecule has 5 nitrogen and oxygen atoms in total. The first kappa shape index (κ1) is 13.3. The molecular weight excluding hydrogens is 246 g/mol. The summed E-state index contributed by atoms with van der Waals surface area (Å²) in [5, 5.41) is 0. The molecule has 2 amide bonds. The van der Waals surface area contributed by atoms with Crippen LogP contribution in [0.1, 0.15) is 5.56 Å². The van der Waals surface area contributed by atoms with E-state index in [2.05, 4.69) is 4.74 Å². The molecule has 0 spiro atoms. The van der Waals surface area contributed by atoms with Crippen LogP contribution in [-0.4, -0.2) is 36.7 Å². The minimum Gasteiger partial charge on any atom is -0.452 e. The molecule has 0 aliphatic carbocycles. The van der Waals surface area contributed by atoms with Gasteiger partial charge in [-0.25, -0.2) is 9.69 Å². The first-order chi connectivity index (χ1) is 9.22. The Balaban J connectivity index is 1.87. The van der Waals surface area contributed by atoms with E-state index in [4.69, 9.17) is 4.74 Å². The lowest BCUT2D eigenvalue weighted by molar-refractivity contribution is -0.125. The zero-order valence-corrected chi connectivity index (χ0v) is 10.6. The molecule has 1 heterocycles. The van der Waals surface area contributed by atoms with Gasteiger partial charge in [-0.3, -0.25) is 4.79 Å². The van der Waals surface area contributed by atoms with Crippen LogP contribution in [0.5, 0.6) is 0 Å². The van der Waals surface area contributed by atoms with Crippen LogP contribution in [0.15, 0.2) is 42.5 Å². The van der Waals surface area contributed by atoms with Gasteiger partial charge in [0.1, 0.15) is 0 Å². The lowest BCUT2D eigenvalue weighted by Gasteiger charge is -2.21. The Morgan fingerprint density at radius 2 is 2.05 bits per heavy atom. The number of nitrogens with zero attached hydrogens (tertiary/aromatic N) is 1. The predicted molar refractivity (Wildman–Crippen MR) is 68.3 cm³/mol. The third-order valence-corrected chi connectivity index (χ3v) is 2.80. The lowest BCUT2D eigenvalue weighted by Crippen LogP contribution is -2.41. The van der Waals surface area contributed by atoms with Crippen LogP contribution in [0.25, 0.3) is 0 Å². The van der Waals surface area contributed by atoms with E-state index in [0.29, 0.717) is 6.61 Å².